The molecule has 1 aromatic rings. The van der Waals surface area contributed by atoms with Gasteiger partial charge in [0.25, 0.3) is 0 Å². The molecule has 0 amide bonds. The van der Waals surface area contributed by atoms with Crippen LogP contribution >= 0.6 is 23.0 Å². The number of hydrogen-bond acceptors (Lipinski definition) is 9. The summed E-state index contributed by atoms with van der Waals surface area (Å²) < 4.78 is 46.4. The fourth-order valence-electron chi connectivity index (χ4n) is 1.69. The second kappa shape index (κ2) is 7.60. The van der Waals surface area contributed by atoms with Crippen molar-refractivity contribution in [3.63, 3.8) is 0 Å². The highest BCUT2D eigenvalue weighted by molar-refractivity contribution is 7.78. The molecule has 12 heteroatoms. The van der Waals surface area contributed by atoms with Crippen LogP contribution in [0.2, 0.25) is 0 Å². The van der Waals surface area contributed by atoms with Crippen LogP contribution in [0.4, 0.5) is 0 Å². The van der Waals surface area contributed by atoms with Crippen molar-refractivity contribution in [3.05, 3.63) is 30.3 Å². The molecule has 0 radical (unpaired) electrons. The van der Waals surface area contributed by atoms with Crippen molar-refractivity contribution < 1.29 is 27.1 Å². The smallest absolute Gasteiger partial charge is 0.402 e. The first kappa shape index (κ1) is 18.8. The summed E-state index contributed by atoms with van der Waals surface area (Å²) in [6, 6.07) is 9.09. The van der Waals surface area contributed by atoms with Crippen LogP contribution in [0.1, 0.15) is 0 Å². The van der Waals surface area contributed by atoms with Gasteiger partial charge in [-0.05, 0) is 12.1 Å². The highest BCUT2D eigenvalue weighted by Crippen LogP contribution is 2.79. The lowest BCUT2D eigenvalue weighted by Gasteiger charge is -2.30. The third kappa shape index (κ3) is 3.95. The second-order valence-corrected chi connectivity index (χ2v) is 11.2. The third-order valence-electron chi connectivity index (χ3n) is 2.83. The molecular formula is C11H20N3O6P3. The predicted octanol–water partition coefficient (Wildman–Crippen LogP) is 5.15. The van der Waals surface area contributed by atoms with Gasteiger partial charge in [0, 0.05) is 35.5 Å². The standard InChI is InChI=1S/C11H20N3O6P3/c1-15-21(16-2)12-22(17-3,18-4)14-23(13-21,19-5)20-11-9-7-6-8-10-11/h6-10H,1-5H3. The van der Waals surface area contributed by atoms with Crippen LogP contribution in [0, 0.1) is 0 Å². The summed E-state index contributed by atoms with van der Waals surface area (Å²) >= 11 is 0. The first-order valence-electron chi connectivity index (χ1n) is 6.45. The fourth-order valence-corrected chi connectivity index (χ4v) is 10.5. The largest absolute Gasteiger partial charge is 0.422 e. The molecule has 0 aliphatic carbocycles. The number of hydrogen-bond donors (Lipinski definition) is 0. The predicted molar refractivity (Wildman–Crippen MR) is 90.2 cm³/mol. The highest BCUT2D eigenvalue weighted by Gasteiger charge is 2.41. The molecule has 0 saturated heterocycles. The van der Waals surface area contributed by atoms with E-state index >= 15 is 0 Å². The molecule has 2 rings (SSSR count). The molecule has 1 aliphatic rings. The molecule has 1 aromatic carbocycles. The Morgan fingerprint density at radius 3 is 1.43 bits per heavy atom. The Hall–Kier alpha value is -0.490. The molecule has 1 heterocycles. The van der Waals surface area contributed by atoms with E-state index in [1.165, 1.54) is 35.5 Å². The zero-order valence-corrected chi connectivity index (χ0v) is 16.2. The summed E-state index contributed by atoms with van der Waals surface area (Å²) in [6.45, 7) is 0. The molecule has 130 valence electrons. The molecule has 0 spiro atoms. The minimum absolute atomic E-state index is 0.549. The Bertz CT molecular complexity index is 681. The SMILES string of the molecule is COP1(OC)=NP(OC)(OC)=NP(OC)(Oc2ccccc2)=N1. The van der Waals surface area contributed by atoms with Crippen molar-refractivity contribution >= 4 is 23.0 Å². The Balaban J connectivity index is 2.67. The maximum Gasteiger partial charge on any atom is 0.402 e. The molecule has 23 heavy (non-hydrogen) atoms. The quantitative estimate of drug-likeness (QED) is 0.605. The lowest BCUT2D eigenvalue weighted by atomic mass is 10.3. The Labute approximate surface area is 136 Å². The van der Waals surface area contributed by atoms with Gasteiger partial charge in [0.2, 0.25) is 0 Å². The number of nitrogens with zero attached hydrogens (tertiary/aromatic N) is 3. The summed E-state index contributed by atoms with van der Waals surface area (Å²) in [5.74, 6) is 0.549. The summed E-state index contributed by atoms with van der Waals surface area (Å²) in [4.78, 5) is 0. The molecule has 0 aromatic heterocycles. The highest BCUT2D eigenvalue weighted by atomic mass is 31.3. The molecule has 1 aliphatic heterocycles. The van der Waals surface area contributed by atoms with E-state index in [0.29, 0.717) is 5.75 Å². The van der Waals surface area contributed by atoms with Gasteiger partial charge in [-0.1, -0.05) is 18.2 Å². The van der Waals surface area contributed by atoms with Crippen molar-refractivity contribution in [2.24, 2.45) is 13.5 Å². The van der Waals surface area contributed by atoms with Crippen LogP contribution < -0.4 is 4.52 Å². The van der Waals surface area contributed by atoms with Crippen molar-refractivity contribution in [2.75, 3.05) is 35.5 Å². The van der Waals surface area contributed by atoms with Crippen molar-refractivity contribution in [3.8, 4) is 5.75 Å². The minimum atomic E-state index is -3.15. The fraction of sp³-hybridized carbons (Fsp3) is 0.455. The lowest BCUT2D eigenvalue weighted by molar-refractivity contribution is 0.308. The van der Waals surface area contributed by atoms with Gasteiger partial charge in [0.1, 0.15) is 5.75 Å². The summed E-state index contributed by atoms with van der Waals surface area (Å²) in [7, 11) is -1.96. The van der Waals surface area contributed by atoms with Crippen LogP contribution in [-0.4, -0.2) is 35.5 Å². The van der Waals surface area contributed by atoms with E-state index in [-0.39, 0.29) is 0 Å². The molecule has 1 atom stereocenters. The van der Waals surface area contributed by atoms with Crippen LogP contribution in [0.3, 0.4) is 0 Å². The van der Waals surface area contributed by atoms with E-state index in [9.17, 15) is 0 Å². The number of rotatable bonds is 7. The van der Waals surface area contributed by atoms with Crippen molar-refractivity contribution in [1.82, 2.24) is 0 Å². The Kier molecular flexibility index (Phi) is 6.22. The molecule has 0 N–H and O–H groups in total. The molecule has 9 nitrogen and oxygen atoms in total. The summed E-state index contributed by atoms with van der Waals surface area (Å²) in [5, 5.41) is 0. The van der Waals surface area contributed by atoms with E-state index < -0.39 is 23.0 Å². The molecular weight excluding hydrogens is 363 g/mol. The average Bonchev–Trinajstić information content (AvgIpc) is 2.62. The van der Waals surface area contributed by atoms with Crippen LogP contribution in [-0.2, 0) is 22.6 Å². The minimum Gasteiger partial charge on any atom is -0.422 e. The third-order valence-corrected chi connectivity index (χ3v) is 11.1. The maximum absolute atomic E-state index is 5.94. The zero-order valence-electron chi connectivity index (χ0n) is 13.5. The maximum atomic E-state index is 5.94. The van der Waals surface area contributed by atoms with Crippen LogP contribution in [0.5, 0.6) is 5.75 Å². The lowest BCUT2D eigenvalue weighted by Crippen LogP contribution is -2.01. The average molecular weight is 383 g/mol. The van der Waals surface area contributed by atoms with E-state index in [0.717, 1.165) is 0 Å². The number of para-hydroxylation sites is 1. The van der Waals surface area contributed by atoms with Gasteiger partial charge in [-0.15, -0.1) is 13.5 Å². The first-order chi connectivity index (χ1) is 11.0. The first-order valence-corrected chi connectivity index (χ1v) is 11.0. The van der Waals surface area contributed by atoms with Gasteiger partial charge < -0.3 is 27.1 Å². The van der Waals surface area contributed by atoms with E-state index in [1.54, 1.807) is 12.1 Å². The normalized spacial score (nSPS) is 24.9. The Morgan fingerprint density at radius 2 is 1.00 bits per heavy atom. The van der Waals surface area contributed by atoms with Gasteiger partial charge in [0.15, 0.2) is 0 Å². The van der Waals surface area contributed by atoms with Gasteiger partial charge in [-0.3, -0.25) is 0 Å². The van der Waals surface area contributed by atoms with E-state index in [2.05, 4.69) is 13.5 Å². The monoisotopic (exact) mass is 383 g/mol. The molecule has 0 fully saturated rings. The van der Waals surface area contributed by atoms with E-state index in [1.807, 2.05) is 18.2 Å². The van der Waals surface area contributed by atoms with Gasteiger partial charge in [-0.25, -0.2) is 0 Å². The van der Waals surface area contributed by atoms with Crippen molar-refractivity contribution in [1.29, 1.82) is 0 Å². The Morgan fingerprint density at radius 1 is 0.609 bits per heavy atom. The van der Waals surface area contributed by atoms with Gasteiger partial charge >= 0.3 is 23.0 Å². The molecule has 1 unspecified atom stereocenters. The molecule has 0 bridgehead atoms. The van der Waals surface area contributed by atoms with Crippen LogP contribution in [0.15, 0.2) is 43.9 Å². The summed E-state index contributed by atoms with van der Waals surface area (Å²) in [5.41, 5.74) is 0. The van der Waals surface area contributed by atoms with Crippen molar-refractivity contribution in [2.45, 2.75) is 0 Å². The summed E-state index contributed by atoms with van der Waals surface area (Å²) in [6.07, 6.45) is 0. The molecule has 0 saturated carbocycles. The van der Waals surface area contributed by atoms with Crippen LogP contribution in [0.25, 0.3) is 0 Å². The van der Waals surface area contributed by atoms with Gasteiger partial charge in [0.05, 0.1) is 0 Å². The van der Waals surface area contributed by atoms with E-state index in [4.69, 9.17) is 27.1 Å². The number of benzene rings is 1. The second-order valence-electron chi connectivity index (χ2n) is 4.06. The van der Waals surface area contributed by atoms with Gasteiger partial charge in [-0.2, -0.15) is 0 Å². The zero-order chi connectivity index (χ0) is 17.0. The topological polar surface area (TPSA) is 92.5 Å².